The fraction of sp³-hybridized carbons (Fsp3) is 0.0526. The molecule has 0 atom stereocenters. The summed E-state index contributed by atoms with van der Waals surface area (Å²) in [5.74, 6) is 2.99. The van der Waals surface area contributed by atoms with E-state index < -0.39 is 15.8 Å². The van der Waals surface area contributed by atoms with Crippen LogP contribution in [0, 0.1) is 0 Å². The number of hydrogen-bond acceptors (Lipinski definition) is 4. The van der Waals surface area contributed by atoms with Gasteiger partial charge in [0.1, 0.15) is 0 Å². The summed E-state index contributed by atoms with van der Waals surface area (Å²) in [7, 11) is 7.69. The predicted octanol–water partition coefficient (Wildman–Crippen LogP) is 7.70. The summed E-state index contributed by atoms with van der Waals surface area (Å²) >= 11 is -0.106. The molecule has 0 spiro atoms. The first-order valence-electron chi connectivity index (χ1n) is 14.8. The van der Waals surface area contributed by atoms with Crippen LogP contribution in [0.25, 0.3) is 11.1 Å². The second-order valence-corrected chi connectivity index (χ2v) is 17.2. The normalized spacial score (nSPS) is 12.7. The molecule has 0 radical (unpaired) electrons. The molecule has 6 aromatic carbocycles. The Balaban J connectivity index is 0.00000113. The maximum atomic E-state index is 6.35. The number of benzene rings is 6. The SMILES string of the molecule is [Cl][Pd][Cl].c1ccc(P(c2ccccc2)c2ccc3c(c2-c2c(P(c4ccccc4)c4ccccc4)ccc4c2OCO4)OCO3)cc1. The molecule has 6 aromatic rings. The van der Waals surface area contributed by atoms with Crippen LogP contribution in [0.4, 0.5) is 0 Å². The zero-order valence-electron chi connectivity index (χ0n) is 24.9. The van der Waals surface area contributed by atoms with E-state index in [2.05, 4.69) is 146 Å². The van der Waals surface area contributed by atoms with E-state index in [1.165, 1.54) is 31.8 Å². The Morgan fingerprint density at radius 1 is 0.404 bits per heavy atom. The van der Waals surface area contributed by atoms with E-state index in [4.69, 9.17) is 38.0 Å². The van der Waals surface area contributed by atoms with Gasteiger partial charge in [0.15, 0.2) is 23.0 Å². The molecule has 0 N–H and O–H groups in total. The molecule has 4 nitrogen and oxygen atoms in total. The van der Waals surface area contributed by atoms with Crippen LogP contribution in [0.2, 0.25) is 0 Å². The summed E-state index contributed by atoms with van der Waals surface area (Å²) in [4.78, 5) is 0. The topological polar surface area (TPSA) is 36.9 Å². The van der Waals surface area contributed by atoms with Crippen molar-refractivity contribution < 1.29 is 34.9 Å². The van der Waals surface area contributed by atoms with Crippen molar-refractivity contribution in [2.45, 2.75) is 0 Å². The van der Waals surface area contributed by atoms with Gasteiger partial charge in [-0.2, -0.15) is 0 Å². The molecule has 0 fully saturated rings. The minimum Gasteiger partial charge on any atom is -0.454 e. The fourth-order valence-corrected chi connectivity index (χ4v) is 10.9. The standard InChI is InChI=1S/C38H28O4P2.2ClH.Pd/c1-5-13-27(14-6-1)43(28-15-7-2-8-16-28)33-23-21-31-37(41-25-39-31)35(33)36-34(24-22-32-38(36)42-26-40-32)44(29-17-9-3-10-18-29)30-19-11-4-12-20-30;;;/h1-24H,25-26H2;2*1H;/q;;;+2/p-2. The predicted molar refractivity (Wildman–Crippen MR) is 193 cm³/mol. The summed E-state index contributed by atoms with van der Waals surface area (Å²) in [6, 6.07) is 51.6. The van der Waals surface area contributed by atoms with E-state index in [1.54, 1.807) is 0 Å². The first-order valence-corrected chi connectivity index (χ1v) is 21.5. The fourth-order valence-electron chi connectivity index (χ4n) is 5.94. The van der Waals surface area contributed by atoms with Gasteiger partial charge in [-0.05, 0) is 71.9 Å². The second kappa shape index (κ2) is 15.2. The van der Waals surface area contributed by atoms with Gasteiger partial charge in [-0.3, -0.25) is 0 Å². The minimum atomic E-state index is -0.968. The van der Waals surface area contributed by atoms with Gasteiger partial charge in [-0.1, -0.05) is 121 Å². The van der Waals surface area contributed by atoms with E-state index in [1.807, 2.05) is 0 Å². The molecule has 238 valence electrons. The first kappa shape index (κ1) is 32.2. The van der Waals surface area contributed by atoms with Crippen LogP contribution in [0.5, 0.6) is 23.0 Å². The molecule has 2 heterocycles. The summed E-state index contributed by atoms with van der Waals surface area (Å²) in [6.45, 7) is 0.350. The minimum absolute atomic E-state index is 0.106. The van der Waals surface area contributed by atoms with Crippen molar-refractivity contribution in [1.29, 1.82) is 0 Å². The van der Waals surface area contributed by atoms with Crippen LogP contribution in [0.15, 0.2) is 146 Å². The van der Waals surface area contributed by atoms with Crippen LogP contribution >= 0.6 is 34.9 Å². The van der Waals surface area contributed by atoms with Crippen molar-refractivity contribution in [2.75, 3.05) is 13.6 Å². The van der Waals surface area contributed by atoms with E-state index in [0.717, 1.165) is 34.1 Å². The summed E-state index contributed by atoms with van der Waals surface area (Å²) in [6.07, 6.45) is 0. The van der Waals surface area contributed by atoms with E-state index >= 15 is 0 Å². The number of fused-ring (bicyclic) bond motifs is 2. The maximum absolute atomic E-state index is 6.35. The van der Waals surface area contributed by atoms with Gasteiger partial charge in [0.2, 0.25) is 13.6 Å². The quantitative estimate of drug-likeness (QED) is 0.123. The number of ether oxygens (including phenoxy) is 4. The molecule has 2 aliphatic heterocycles. The third-order valence-corrected chi connectivity index (χ3v) is 12.8. The molecule has 0 saturated carbocycles. The third kappa shape index (κ3) is 6.68. The molecule has 2 aliphatic rings. The maximum Gasteiger partial charge on any atom is 0.231 e. The van der Waals surface area contributed by atoms with Crippen LogP contribution in [0.3, 0.4) is 0 Å². The zero-order chi connectivity index (χ0) is 32.0. The average Bonchev–Trinajstić information content (AvgIpc) is 3.81. The molecule has 0 unspecified atom stereocenters. The third-order valence-electron chi connectivity index (χ3n) is 7.82. The molecule has 0 saturated heterocycles. The molecule has 0 aliphatic carbocycles. The Morgan fingerprint density at radius 2 is 0.702 bits per heavy atom. The molecule has 0 amide bonds. The van der Waals surface area contributed by atoms with E-state index in [-0.39, 0.29) is 29.5 Å². The van der Waals surface area contributed by atoms with Crippen LogP contribution in [-0.4, -0.2) is 13.6 Å². The summed E-state index contributed by atoms with van der Waals surface area (Å²) < 4.78 is 24.7. The molecule has 0 bridgehead atoms. The van der Waals surface area contributed by atoms with Crippen LogP contribution < -0.4 is 50.8 Å². The van der Waals surface area contributed by atoms with Gasteiger partial charge < -0.3 is 18.9 Å². The van der Waals surface area contributed by atoms with Gasteiger partial charge in [-0.25, -0.2) is 0 Å². The molecular weight excluding hydrogens is 760 g/mol. The molecule has 9 heteroatoms. The Bertz CT molecular complexity index is 1730. The summed E-state index contributed by atoms with van der Waals surface area (Å²) in [5.41, 5.74) is 2.02. The van der Waals surface area contributed by atoms with Crippen LogP contribution in [0.1, 0.15) is 0 Å². The number of hydrogen-bond donors (Lipinski definition) is 0. The van der Waals surface area contributed by atoms with Crippen molar-refractivity contribution >= 4 is 66.7 Å². The van der Waals surface area contributed by atoms with E-state index in [0.29, 0.717) is 0 Å². The Hall–Kier alpha value is -3.38. The Kier molecular flexibility index (Phi) is 10.4. The average molecular weight is 788 g/mol. The van der Waals surface area contributed by atoms with Crippen LogP contribution in [-0.2, 0) is 15.9 Å². The summed E-state index contributed by atoms with van der Waals surface area (Å²) in [5, 5.41) is 7.40. The van der Waals surface area contributed by atoms with E-state index in [9.17, 15) is 0 Å². The van der Waals surface area contributed by atoms with Gasteiger partial charge in [0, 0.05) is 11.1 Å². The zero-order valence-corrected chi connectivity index (χ0v) is 29.7. The monoisotopic (exact) mass is 786 g/mol. The van der Waals surface area contributed by atoms with Crippen molar-refractivity contribution in [3.63, 3.8) is 0 Å². The van der Waals surface area contributed by atoms with Crippen molar-refractivity contribution in [2.24, 2.45) is 0 Å². The first-order chi connectivity index (χ1) is 23.3. The molecule has 8 rings (SSSR count). The van der Waals surface area contributed by atoms with Gasteiger partial charge in [0.05, 0.1) is 0 Å². The Morgan fingerprint density at radius 3 is 1.00 bits per heavy atom. The Labute approximate surface area is 293 Å². The second-order valence-electron chi connectivity index (χ2n) is 10.4. The molecule has 0 aromatic heterocycles. The molecule has 47 heavy (non-hydrogen) atoms. The van der Waals surface area contributed by atoms with Gasteiger partial charge in [0.25, 0.3) is 0 Å². The smallest absolute Gasteiger partial charge is 0.231 e. The number of halogens is 2. The number of rotatable bonds is 7. The van der Waals surface area contributed by atoms with Crippen molar-refractivity contribution in [3.8, 4) is 34.1 Å². The van der Waals surface area contributed by atoms with Gasteiger partial charge >= 0.3 is 35.0 Å². The van der Waals surface area contributed by atoms with Crippen molar-refractivity contribution in [3.05, 3.63) is 146 Å². The van der Waals surface area contributed by atoms with Gasteiger partial charge in [-0.15, -0.1) is 0 Å². The largest absolute Gasteiger partial charge is 0.454 e. The molecular formula is C38H28Cl2O4P2Pd. The van der Waals surface area contributed by atoms with Crippen molar-refractivity contribution in [1.82, 2.24) is 0 Å².